The Morgan fingerprint density at radius 2 is 1.94 bits per heavy atom. The van der Waals surface area contributed by atoms with Crippen LogP contribution in [-0.4, -0.2) is 74.3 Å². The average Bonchev–Trinajstić information content (AvgIpc) is 3.56. The Kier molecular flexibility index (Phi) is 6.11. The molecule has 0 radical (unpaired) electrons. The number of benzene rings is 2. The molecule has 0 amide bonds. The monoisotopic (exact) mass is 482 g/mol. The molecule has 0 saturated carbocycles. The van der Waals surface area contributed by atoms with Crippen molar-refractivity contribution in [2.75, 3.05) is 33.2 Å². The number of likely N-dealkylation sites (tertiary alicyclic amines) is 1. The summed E-state index contributed by atoms with van der Waals surface area (Å²) in [7, 11) is 2.22. The number of aryl methyl sites for hydroxylation is 1. The molecule has 0 bridgehead atoms. The van der Waals surface area contributed by atoms with Gasteiger partial charge in [0.05, 0.1) is 11.2 Å². The molecule has 2 aliphatic heterocycles. The fourth-order valence-electron chi connectivity index (χ4n) is 5.74. The number of H-pyrrole nitrogens is 2. The first-order valence-corrected chi connectivity index (χ1v) is 13.1. The molecule has 2 aromatic carbocycles. The van der Waals surface area contributed by atoms with Crippen LogP contribution in [0.2, 0.25) is 0 Å². The summed E-state index contributed by atoms with van der Waals surface area (Å²) in [5.41, 5.74) is 7.53. The predicted molar refractivity (Wildman–Crippen MR) is 145 cm³/mol. The zero-order chi connectivity index (χ0) is 24.6. The molecule has 186 valence electrons. The van der Waals surface area contributed by atoms with Crippen molar-refractivity contribution in [3.05, 3.63) is 59.9 Å². The van der Waals surface area contributed by atoms with Crippen molar-refractivity contribution in [3.8, 4) is 28.4 Å². The topological polar surface area (TPSA) is 84.1 Å². The summed E-state index contributed by atoms with van der Waals surface area (Å²) < 4.78 is 0. The van der Waals surface area contributed by atoms with E-state index >= 15 is 0 Å². The molecule has 1 saturated heterocycles. The van der Waals surface area contributed by atoms with Gasteiger partial charge in [-0.15, -0.1) is 0 Å². The van der Waals surface area contributed by atoms with E-state index in [4.69, 9.17) is 4.98 Å². The van der Waals surface area contributed by atoms with Gasteiger partial charge in [0, 0.05) is 30.7 Å². The maximum Gasteiger partial charge on any atom is 0.159 e. The molecule has 0 atom stereocenters. The quantitative estimate of drug-likeness (QED) is 0.370. The smallest absolute Gasteiger partial charge is 0.159 e. The van der Waals surface area contributed by atoms with E-state index in [2.05, 4.69) is 63.2 Å². The van der Waals surface area contributed by atoms with Crippen LogP contribution in [0.1, 0.15) is 37.4 Å². The minimum atomic E-state index is 0.303. The summed E-state index contributed by atoms with van der Waals surface area (Å²) in [6.45, 7) is 6.63. The molecule has 7 heteroatoms. The lowest BCUT2D eigenvalue weighted by molar-refractivity contribution is 0.131. The van der Waals surface area contributed by atoms with Crippen LogP contribution in [0.3, 0.4) is 0 Å². The van der Waals surface area contributed by atoms with Gasteiger partial charge in [0.25, 0.3) is 0 Å². The predicted octanol–water partition coefficient (Wildman–Crippen LogP) is 5.07. The van der Waals surface area contributed by atoms with Gasteiger partial charge < -0.3 is 15.0 Å². The molecule has 4 aromatic rings. The molecule has 2 aromatic heterocycles. The first-order valence-electron chi connectivity index (χ1n) is 13.1. The van der Waals surface area contributed by atoms with Crippen LogP contribution >= 0.6 is 0 Å². The van der Waals surface area contributed by atoms with Crippen LogP contribution in [0.5, 0.6) is 5.75 Å². The fourth-order valence-corrected chi connectivity index (χ4v) is 5.74. The number of hydrogen-bond acceptors (Lipinski definition) is 5. The van der Waals surface area contributed by atoms with E-state index in [1.165, 1.54) is 31.5 Å². The number of fused-ring (bicyclic) bond motifs is 1. The SMILES string of the molecule is CCc1cc(O)ccc1-c1ccc2c(-c3nc(C4=CCN(C5CCN(C)CC5)CC4)c[nH]3)n[nH]c2c1. The van der Waals surface area contributed by atoms with Crippen LogP contribution in [0.25, 0.3) is 39.1 Å². The molecular formula is C29H34N6O. The Hall–Kier alpha value is -3.42. The minimum Gasteiger partial charge on any atom is -0.508 e. The number of aromatic hydroxyl groups is 1. The van der Waals surface area contributed by atoms with Gasteiger partial charge in [0.1, 0.15) is 11.4 Å². The molecule has 0 aliphatic carbocycles. The molecule has 1 fully saturated rings. The molecule has 0 unspecified atom stereocenters. The van der Waals surface area contributed by atoms with Crippen molar-refractivity contribution < 1.29 is 5.11 Å². The summed E-state index contributed by atoms with van der Waals surface area (Å²) in [4.78, 5) is 13.4. The number of nitrogens with one attached hydrogen (secondary N) is 2. The third-order valence-electron chi connectivity index (χ3n) is 7.92. The highest BCUT2D eigenvalue weighted by Crippen LogP contribution is 2.33. The largest absolute Gasteiger partial charge is 0.508 e. The lowest BCUT2D eigenvalue weighted by atomic mass is 9.97. The first-order chi connectivity index (χ1) is 17.6. The Bertz CT molecular complexity index is 1410. The van der Waals surface area contributed by atoms with Gasteiger partial charge in [-0.05, 0) is 92.3 Å². The van der Waals surface area contributed by atoms with Gasteiger partial charge >= 0.3 is 0 Å². The molecular weight excluding hydrogens is 448 g/mol. The number of aromatic nitrogens is 4. The molecule has 0 spiro atoms. The van der Waals surface area contributed by atoms with Crippen molar-refractivity contribution in [2.45, 2.75) is 38.6 Å². The highest BCUT2D eigenvalue weighted by atomic mass is 16.3. The normalized spacial score (nSPS) is 18.1. The second-order valence-corrected chi connectivity index (χ2v) is 10.2. The van der Waals surface area contributed by atoms with Gasteiger partial charge in [-0.3, -0.25) is 10.00 Å². The summed E-state index contributed by atoms with van der Waals surface area (Å²) in [6.07, 6.45) is 8.81. The molecule has 36 heavy (non-hydrogen) atoms. The zero-order valence-corrected chi connectivity index (χ0v) is 21.1. The van der Waals surface area contributed by atoms with Gasteiger partial charge in [-0.1, -0.05) is 25.1 Å². The summed E-state index contributed by atoms with van der Waals surface area (Å²) in [5, 5.41) is 18.7. The number of nitrogens with zero attached hydrogens (tertiary/aromatic N) is 4. The number of hydrogen-bond donors (Lipinski definition) is 3. The van der Waals surface area contributed by atoms with E-state index in [-0.39, 0.29) is 0 Å². The number of piperidine rings is 1. The van der Waals surface area contributed by atoms with Crippen LogP contribution in [0.15, 0.2) is 48.7 Å². The number of imidazole rings is 1. The van der Waals surface area contributed by atoms with Gasteiger partial charge in [-0.2, -0.15) is 5.10 Å². The first kappa shape index (κ1) is 23.0. The standard InChI is InChI=1S/C29H34N6O/c1-3-19-16-23(36)5-7-24(19)21-4-6-25-26(17-21)32-33-28(25)29-30-18-27(31-29)20-8-14-35(15-9-20)22-10-12-34(2)13-11-22/h4-8,16-18,22,36H,3,9-15H2,1-2H3,(H,30,31)(H,32,33). The van der Waals surface area contributed by atoms with Crippen molar-refractivity contribution in [3.63, 3.8) is 0 Å². The molecule has 2 aliphatic rings. The van der Waals surface area contributed by atoms with Crippen molar-refractivity contribution in [1.29, 1.82) is 0 Å². The van der Waals surface area contributed by atoms with E-state index in [1.807, 2.05) is 18.3 Å². The minimum absolute atomic E-state index is 0.303. The fraction of sp³-hybridized carbons (Fsp3) is 0.379. The summed E-state index contributed by atoms with van der Waals surface area (Å²) in [6, 6.07) is 12.6. The van der Waals surface area contributed by atoms with Crippen LogP contribution < -0.4 is 0 Å². The maximum atomic E-state index is 9.86. The van der Waals surface area contributed by atoms with E-state index in [9.17, 15) is 5.11 Å². The highest BCUT2D eigenvalue weighted by molar-refractivity contribution is 5.94. The number of phenolic OH excluding ortho intramolecular Hbond substituents is 1. The molecule has 7 nitrogen and oxygen atoms in total. The Labute approximate surface area is 211 Å². The van der Waals surface area contributed by atoms with E-state index < -0.39 is 0 Å². The van der Waals surface area contributed by atoms with Crippen molar-refractivity contribution in [1.82, 2.24) is 30.0 Å². The van der Waals surface area contributed by atoms with E-state index in [0.717, 1.165) is 70.7 Å². The van der Waals surface area contributed by atoms with Gasteiger partial charge in [0.2, 0.25) is 0 Å². The number of rotatable bonds is 5. The number of phenols is 1. The zero-order valence-electron chi connectivity index (χ0n) is 21.1. The third kappa shape index (κ3) is 4.33. The third-order valence-corrected chi connectivity index (χ3v) is 7.92. The van der Waals surface area contributed by atoms with Crippen molar-refractivity contribution >= 4 is 16.5 Å². The second-order valence-electron chi connectivity index (χ2n) is 10.2. The average molecular weight is 483 g/mol. The number of aromatic amines is 2. The van der Waals surface area contributed by atoms with E-state index in [1.54, 1.807) is 6.07 Å². The lowest BCUT2D eigenvalue weighted by Crippen LogP contribution is -2.45. The second kappa shape index (κ2) is 9.56. The maximum absolute atomic E-state index is 9.86. The molecule has 3 N–H and O–H groups in total. The van der Waals surface area contributed by atoms with E-state index in [0.29, 0.717) is 11.8 Å². The van der Waals surface area contributed by atoms with Crippen LogP contribution in [0, 0.1) is 0 Å². The molecule has 4 heterocycles. The Morgan fingerprint density at radius 1 is 1.08 bits per heavy atom. The lowest BCUT2D eigenvalue weighted by Gasteiger charge is -2.38. The van der Waals surface area contributed by atoms with Crippen LogP contribution in [0.4, 0.5) is 0 Å². The Balaban J connectivity index is 1.21. The van der Waals surface area contributed by atoms with Gasteiger partial charge in [0.15, 0.2) is 5.82 Å². The highest BCUT2D eigenvalue weighted by Gasteiger charge is 2.25. The van der Waals surface area contributed by atoms with Crippen molar-refractivity contribution in [2.24, 2.45) is 0 Å². The van der Waals surface area contributed by atoms with Gasteiger partial charge in [-0.25, -0.2) is 4.98 Å². The summed E-state index contributed by atoms with van der Waals surface area (Å²) in [5.74, 6) is 1.10. The van der Waals surface area contributed by atoms with Crippen LogP contribution in [-0.2, 0) is 6.42 Å². The molecule has 6 rings (SSSR count). The summed E-state index contributed by atoms with van der Waals surface area (Å²) >= 11 is 0. The Morgan fingerprint density at radius 3 is 2.72 bits per heavy atom.